The quantitative estimate of drug-likeness (QED) is 0.864. The Hall–Kier alpha value is -0.860. The Labute approximate surface area is 111 Å². The second-order valence-corrected chi connectivity index (χ2v) is 5.63. The van der Waals surface area contributed by atoms with Gasteiger partial charge in [0, 0.05) is 18.6 Å². The fourth-order valence-electron chi connectivity index (χ4n) is 2.88. The molecule has 1 aliphatic heterocycles. The predicted molar refractivity (Wildman–Crippen MR) is 76.0 cm³/mol. The predicted octanol–water partition coefficient (Wildman–Crippen LogP) is 2.86. The van der Waals surface area contributed by atoms with Crippen LogP contribution in [-0.2, 0) is 11.2 Å². The van der Waals surface area contributed by atoms with Gasteiger partial charge in [-0.1, -0.05) is 25.1 Å². The van der Waals surface area contributed by atoms with E-state index in [-0.39, 0.29) is 0 Å². The summed E-state index contributed by atoms with van der Waals surface area (Å²) in [5.74, 6) is 0. The zero-order valence-corrected chi connectivity index (χ0v) is 11.9. The Morgan fingerprint density at radius 1 is 1.28 bits per heavy atom. The van der Waals surface area contributed by atoms with Crippen LogP contribution in [0.1, 0.15) is 30.0 Å². The van der Waals surface area contributed by atoms with Crippen LogP contribution in [0.5, 0.6) is 0 Å². The van der Waals surface area contributed by atoms with Crippen LogP contribution in [0.15, 0.2) is 18.2 Å². The van der Waals surface area contributed by atoms with E-state index in [1.54, 1.807) is 0 Å². The van der Waals surface area contributed by atoms with Gasteiger partial charge in [0.15, 0.2) is 0 Å². The molecule has 1 aliphatic rings. The third-order valence-corrected chi connectivity index (χ3v) is 4.13. The van der Waals surface area contributed by atoms with Crippen molar-refractivity contribution in [2.24, 2.45) is 5.41 Å². The summed E-state index contributed by atoms with van der Waals surface area (Å²) in [4.78, 5) is 0. The average Bonchev–Trinajstić information content (AvgIpc) is 2.81. The molecule has 0 saturated carbocycles. The third-order valence-electron chi connectivity index (χ3n) is 4.13. The first-order valence-electron chi connectivity index (χ1n) is 7.00. The highest BCUT2D eigenvalue weighted by Gasteiger charge is 2.35. The molecular weight excluding hydrogens is 222 g/mol. The van der Waals surface area contributed by atoms with E-state index in [2.05, 4.69) is 44.3 Å². The molecule has 0 radical (unpaired) electrons. The largest absolute Gasteiger partial charge is 0.381 e. The highest BCUT2D eigenvalue weighted by Crippen LogP contribution is 2.34. The number of nitrogens with one attached hydrogen (secondary N) is 1. The summed E-state index contributed by atoms with van der Waals surface area (Å²) in [5, 5.41) is 3.51. The fourth-order valence-corrected chi connectivity index (χ4v) is 2.88. The number of hydrogen-bond acceptors (Lipinski definition) is 2. The molecule has 2 heteroatoms. The van der Waals surface area contributed by atoms with Crippen LogP contribution in [0.2, 0.25) is 0 Å². The van der Waals surface area contributed by atoms with Crippen molar-refractivity contribution in [3.63, 3.8) is 0 Å². The molecule has 2 rings (SSSR count). The van der Waals surface area contributed by atoms with Gasteiger partial charge in [0.25, 0.3) is 0 Å². The Bertz CT molecular complexity index is 374. The molecule has 0 bridgehead atoms. The van der Waals surface area contributed by atoms with Gasteiger partial charge in [-0.15, -0.1) is 0 Å². The Balaban J connectivity index is 2.18. The standard InChI is InChI=1S/C16H25NO/c1-4-17-11-16(8-9-18-12-16)10-15-13(2)6-5-7-14(15)3/h5-7,17H,4,8-12H2,1-3H3. The van der Waals surface area contributed by atoms with Crippen molar-refractivity contribution in [2.75, 3.05) is 26.3 Å². The Morgan fingerprint density at radius 3 is 2.56 bits per heavy atom. The highest BCUT2D eigenvalue weighted by atomic mass is 16.5. The lowest BCUT2D eigenvalue weighted by molar-refractivity contribution is 0.149. The fraction of sp³-hybridized carbons (Fsp3) is 0.625. The molecular formula is C16H25NO. The van der Waals surface area contributed by atoms with Crippen molar-refractivity contribution >= 4 is 0 Å². The van der Waals surface area contributed by atoms with Gasteiger partial charge in [0.1, 0.15) is 0 Å². The first-order chi connectivity index (χ1) is 8.67. The summed E-state index contributed by atoms with van der Waals surface area (Å²) >= 11 is 0. The maximum absolute atomic E-state index is 5.67. The monoisotopic (exact) mass is 247 g/mol. The van der Waals surface area contributed by atoms with Crippen LogP contribution in [0.4, 0.5) is 0 Å². The first-order valence-corrected chi connectivity index (χ1v) is 7.00. The molecule has 0 aromatic heterocycles. The van der Waals surface area contributed by atoms with E-state index in [4.69, 9.17) is 4.74 Å². The van der Waals surface area contributed by atoms with Gasteiger partial charge in [0.05, 0.1) is 6.61 Å². The van der Waals surface area contributed by atoms with E-state index in [0.29, 0.717) is 5.41 Å². The van der Waals surface area contributed by atoms with Crippen molar-refractivity contribution in [1.29, 1.82) is 0 Å². The number of rotatable bonds is 5. The average molecular weight is 247 g/mol. The van der Waals surface area contributed by atoms with Crippen LogP contribution >= 0.6 is 0 Å². The maximum Gasteiger partial charge on any atom is 0.0538 e. The topological polar surface area (TPSA) is 21.3 Å². The summed E-state index contributed by atoms with van der Waals surface area (Å²) in [5.41, 5.74) is 4.64. The molecule has 1 heterocycles. The Morgan fingerprint density at radius 2 is 2.00 bits per heavy atom. The highest BCUT2D eigenvalue weighted by molar-refractivity contribution is 5.34. The van der Waals surface area contributed by atoms with E-state index in [9.17, 15) is 0 Å². The van der Waals surface area contributed by atoms with Gasteiger partial charge >= 0.3 is 0 Å². The van der Waals surface area contributed by atoms with Crippen molar-refractivity contribution in [3.8, 4) is 0 Å². The summed E-state index contributed by atoms with van der Waals surface area (Å²) in [6, 6.07) is 6.59. The van der Waals surface area contributed by atoms with Gasteiger partial charge in [-0.2, -0.15) is 0 Å². The SMILES string of the molecule is CCNCC1(Cc2c(C)cccc2C)CCOC1. The van der Waals surface area contributed by atoms with Gasteiger partial charge in [0.2, 0.25) is 0 Å². The molecule has 1 unspecified atom stereocenters. The lowest BCUT2D eigenvalue weighted by atomic mass is 9.78. The van der Waals surface area contributed by atoms with Crippen LogP contribution in [0.25, 0.3) is 0 Å². The zero-order valence-electron chi connectivity index (χ0n) is 11.9. The summed E-state index contributed by atoms with van der Waals surface area (Å²) in [6.07, 6.45) is 2.31. The zero-order chi connectivity index (χ0) is 13.0. The first kappa shape index (κ1) is 13.6. The van der Waals surface area contributed by atoms with Crippen molar-refractivity contribution in [1.82, 2.24) is 5.32 Å². The van der Waals surface area contributed by atoms with Gasteiger partial charge in [-0.25, -0.2) is 0 Å². The minimum atomic E-state index is 0.298. The smallest absolute Gasteiger partial charge is 0.0538 e. The van der Waals surface area contributed by atoms with E-state index >= 15 is 0 Å². The minimum absolute atomic E-state index is 0.298. The molecule has 1 fully saturated rings. The minimum Gasteiger partial charge on any atom is -0.381 e. The molecule has 18 heavy (non-hydrogen) atoms. The van der Waals surface area contributed by atoms with E-state index in [1.165, 1.54) is 23.1 Å². The van der Waals surface area contributed by atoms with Gasteiger partial charge in [-0.3, -0.25) is 0 Å². The van der Waals surface area contributed by atoms with E-state index < -0.39 is 0 Å². The van der Waals surface area contributed by atoms with Crippen LogP contribution in [0, 0.1) is 19.3 Å². The normalized spacial score (nSPS) is 23.5. The second kappa shape index (κ2) is 5.85. The molecule has 0 spiro atoms. The second-order valence-electron chi connectivity index (χ2n) is 5.63. The molecule has 1 saturated heterocycles. The molecule has 1 N–H and O–H groups in total. The molecule has 1 aromatic carbocycles. The molecule has 1 atom stereocenters. The van der Waals surface area contributed by atoms with Crippen LogP contribution in [-0.4, -0.2) is 26.3 Å². The summed E-state index contributed by atoms with van der Waals surface area (Å²) in [6.45, 7) is 10.5. The summed E-state index contributed by atoms with van der Waals surface area (Å²) < 4.78 is 5.67. The van der Waals surface area contributed by atoms with Crippen molar-refractivity contribution in [3.05, 3.63) is 34.9 Å². The van der Waals surface area contributed by atoms with Crippen molar-refractivity contribution in [2.45, 2.75) is 33.6 Å². The number of ether oxygens (including phenoxy) is 1. The summed E-state index contributed by atoms with van der Waals surface area (Å²) in [7, 11) is 0. The lowest BCUT2D eigenvalue weighted by Crippen LogP contribution is -2.37. The van der Waals surface area contributed by atoms with Gasteiger partial charge in [-0.05, 0) is 49.9 Å². The molecule has 100 valence electrons. The van der Waals surface area contributed by atoms with Crippen LogP contribution in [0.3, 0.4) is 0 Å². The molecule has 0 aliphatic carbocycles. The van der Waals surface area contributed by atoms with E-state index in [0.717, 1.165) is 32.7 Å². The molecule has 0 amide bonds. The van der Waals surface area contributed by atoms with Crippen LogP contribution < -0.4 is 5.32 Å². The third kappa shape index (κ3) is 2.93. The molecule has 2 nitrogen and oxygen atoms in total. The Kier molecular flexibility index (Phi) is 4.41. The number of hydrogen-bond donors (Lipinski definition) is 1. The van der Waals surface area contributed by atoms with Crippen molar-refractivity contribution < 1.29 is 4.74 Å². The number of aryl methyl sites for hydroxylation is 2. The number of benzene rings is 1. The maximum atomic E-state index is 5.67. The lowest BCUT2D eigenvalue weighted by Gasteiger charge is -2.29. The van der Waals surface area contributed by atoms with Gasteiger partial charge < -0.3 is 10.1 Å². The molecule has 1 aromatic rings. The van der Waals surface area contributed by atoms with E-state index in [1.807, 2.05) is 0 Å².